The minimum Gasteiger partial charge on any atom is -0.497 e. The molecule has 28 heavy (non-hydrogen) atoms. The lowest BCUT2D eigenvalue weighted by Crippen LogP contribution is -2.29. The standard InChI is InChI=1S/C19H26N4O4S/c1-26-16-5-6-17(27-2)18(10-16)28(24,25)23-8-7-15(12-23)9-19-21-20-13-22(19)11-14-3-4-14/h5-6,10,13-15H,3-4,7-9,11-12H2,1-2H3. The molecule has 152 valence electrons. The zero-order valence-corrected chi connectivity index (χ0v) is 17.1. The number of ether oxygens (including phenoxy) is 2. The molecule has 0 spiro atoms. The van der Waals surface area contributed by atoms with Gasteiger partial charge in [0, 0.05) is 32.1 Å². The molecule has 2 fully saturated rings. The Bertz CT molecular complexity index is 939. The van der Waals surface area contributed by atoms with Crippen LogP contribution in [0.5, 0.6) is 11.5 Å². The van der Waals surface area contributed by atoms with Crippen LogP contribution in [0.15, 0.2) is 29.4 Å². The van der Waals surface area contributed by atoms with Crippen LogP contribution in [-0.2, 0) is 23.0 Å². The van der Waals surface area contributed by atoms with Crippen LogP contribution >= 0.6 is 0 Å². The summed E-state index contributed by atoms with van der Waals surface area (Å²) in [5.41, 5.74) is 0. The summed E-state index contributed by atoms with van der Waals surface area (Å²) in [4.78, 5) is 0.145. The van der Waals surface area contributed by atoms with Crippen molar-refractivity contribution in [3.05, 3.63) is 30.4 Å². The summed E-state index contributed by atoms with van der Waals surface area (Å²) in [6, 6.07) is 4.84. The number of rotatable bonds is 8. The third-order valence-electron chi connectivity index (χ3n) is 5.56. The van der Waals surface area contributed by atoms with Gasteiger partial charge in [0.2, 0.25) is 10.0 Å². The lowest BCUT2D eigenvalue weighted by atomic mass is 10.0. The number of hydrogen-bond acceptors (Lipinski definition) is 6. The highest BCUT2D eigenvalue weighted by Crippen LogP contribution is 2.34. The fourth-order valence-electron chi connectivity index (χ4n) is 3.73. The van der Waals surface area contributed by atoms with Gasteiger partial charge >= 0.3 is 0 Å². The molecular weight excluding hydrogens is 380 g/mol. The highest BCUT2D eigenvalue weighted by atomic mass is 32.2. The molecule has 1 saturated carbocycles. The number of hydrogen-bond donors (Lipinski definition) is 0. The fourth-order valence-corrected chi connectivity index (χ4v) is 5.43. The van der Waals surface area contributed by atoms with Crippen LogP contribution < -0.4 is 9.47 Å². The molecule has 8 nitrogen and oxygen atoms in total. The Morgan fingerprint density at radius 1 is 1.14 bits per heavy atom. The van der Waals surface area contributed by atoms with E-state index in [9.17, 15) is 8.42 Å². The first-order valence-corrected chi connectivity index (χ1v) is 11.0. The average molecular weight is 407 g/mol. The maximum atomic E-state index is 13.2. The van der Waals surface area contributed by atoms with Crippen molar-refractivity contribution in [3.8, 4) is 11.5 Å². The predicted octanol–water partition coefficient (Wildman–Crippen LogP) is 1.96. The van der Waals surface area contributed by atoms with Crippen LogP contribution in [0.1, 0.15) is 25.1 Å². The van der Waals surface area contributed by atoms with Gasteiger partial charge in [0.25, 0.3) is 0 Å². The van der Waals surface area contributed by atoms with Gasteiger partial charge in [-0.05, 0) is 43.2 Å². The van der Waals surface area contributed by atoms with Gasteiger partial charge < -0.3 is 14.0 Å². The molecule has 1 aliphatic carbocycles. The number of methoxy groups -OCH3 is 2. The fraction of sp³-hybridized carbons (Fsp3) is 0.579. The topological polar surface area (TPSA) is 86.6 Å². The first-order valence-electron chi connectivity index (χ1n) is 9.60. The Morgan fingerprint density at radius 3 is 2.68 bits per heavy atom. The quantitative estimate of drug-likeness (QED) is 0.666. The van der Waals surface area contributed by atoms with Crippen LogP contribution in [0.3, 0.4) is 0 Å². The Kier molecular flexibility index (Phi) is 5.29. The van der Waals surface area contributed by atoms with Gasteiger partial charge in [-0.25, -0.2) is 8.42 Å². The Hall–Kier alpha value is -2.13. The summed E-state index contributed by atoms with van der Waals surface area (Å²) in [5, 5.41) is 8.32. The van der Waals surface area contributed by atoms with Gasteiger partial charge in [-0.2, -0.15) is 4.31 Å². The normalized spacial score (nSPS) is 20.4. The lowest BCUT2D eigenvalue weighted by Gasteiger charge is -2.19. The van der Waals surface area contributed by atoms with E-state index in [1.165, 1.54) is 37.4 Å². The molecule has 0 N–H and O–H groups in total. The zero-order valence-electron chi connectivity index (χ0n) is 16.2. The second kappa shape index (κ2) is 7.71. The minimum atomic E-state index is -3.66. The summed E-state index contributed by atoms with van der Waals surface area (Å²) >= 11 is 0. The van der Waals surface area contributed by atoms with Crippen LogP contribution in [0.25, 0.3) is 0 Å². The molecule has 1 aromatic carbocycles. The van der Waals surface area contributed by atoms with Crippen molar-refractivity contribution in [1.82, 2.24) is 19.1 Å². The maximum Gasteiger partial charge on any atom is 0.246 e. The van der Waals surface area contributed by atoms with Crippen LogP contribution in [-0.4, -0.2) is 54.8 Å². The SMILES string of the molecule is COc1ccc(OC)c(S(=O)(=O)N2CCC(Cc3nncn3CC3CC3)C2)c1. The van der Waals surface area contributed by atoms with Gasteiger partial charge in [-0.15, -0.1) is 10.2 Å². The van der Waals surface area contributed by atoms with E-state index in [4.69, 9.17) is 9.47 Å². The molecule has 4 rings (SSSR count). The monoisotopic (exact) mass is 406 g/mol. The predicted molar refractivity (Wildman–Crippen MR) is 103 cm³/mol. The van der Waals surface area contributed by atoms with Crippen molar-refractivity contribution >= 4 is 10.0 Å². The van der Waals surface area contributed by atoms with Crippen LogP contribution in [0.2, 0.25) is 0 Å². The number of aromatic nitrogens is 3. The third kappa shape index (κ3) is 3.86. The van der Waals surface area contributed by atoms with E-state index in [0.717, 1.165) is 31.1 Å². The Morgan fingerprint density at radius 2 is 1.96 bits per heavy atom. The van der Waals surface area contributed by atoms with E-state index in [2.05, 4.69) is 14.8 Å². The average Bonchev–Trinajstić information content (AvgIpc) is 3.20. The molecule has 0 radical (unpaired) electrons. The molecule has 1 saturated heterocycles. The third-order valence-corrected chi connectivity index (χ3v) is 7.44. The van der Waals surface area contributed by atoms with Gasteiger partial charge in [0.15, 0.2) is 0 Å². The molecule has 1 aromatic heterocycles. The summed E-state index contributed by atoms with van der Waals surface area (Å²) in [6.45, 7) is 1.93. The number of nitrogens with zero attached hydrogens (tertiary/aromatic N) is 4. The van der Waals surface area contributed by atoms with Crippen molar-refractivity contribution in [2.24, 2.45) is 11.8 Å². The smallest absolute Gasteiger partial charge is 0.246 e. The van der Waals surface area contributed by atoms with Crippen LogP contribution in [0, 0.1) is 11.8 Å². The summed E-state index contributed by atoms with van der Waals surface area (Å²) in [7, 11) is -0.671. The highest BCUT2D eigenvalue weighted by Gasteiger charge is 2.35. The van der Waals surface area contributed by atoms with Gasteiger partial charge in [0.1, 0.15) is 28.5 Å². The maximum absolute atomic E-state index is 13.2. The van der Waals surface area contributed by atoms with Crippen molar-refractivity contribution < 1.29 is 17.9 Å². The Balaban J connectivity index is 1.48. The molecule has 1 aliphatic heterocycles. The van der Waals surface area contributed by atoms with Gasteiger partial charge in [0.05, 0.1) is 14.2 Å². The van der Waals surface area contributed by atoms with Crippen molar-refractivity contribution in [2.45, 2.75) is 37.1 Å². The van der Waals surface area contributed by atoms with E-state index in [1.54, 1.807) is 18.5 Å². The molecule has 2 aliphatic rings. The summed E-state index contributed by atoms with van der Waals surface area (Å²) in [6.07, 6.45) is 5.89. The van der Waals surface area contributed by atoms with E-state index >= 15 is 0 Å². The van der Waals surface area contributed by atoms with E-state index in [0.29, 0.717) is 24.6 Å². The molecule has 0 bridgehead atoms. The second-order valence-corrected chi connectivity index (χ2v) is 9.49. The summed E-state index contributed by atoms with van der Waals surface area (Å²) in [5.74, 6) is 2.75. The first-order chi connectivity index (χ1) is 13.5. The van der Waals surface area contributed by atoms with E-state index in [-0.39, 0.29) is 10.8 Å². The minimum absolute atomic E-state index is 0.145. The molecule has 2 heterocycles. The number of sulfonamides is 1. The lowest BCUT2D eigenvalue weighted by molar-refractivity contribution is 0.387. The number of benzene rings is 1. The second-order valence-electron chi connectivity index (χ2n) is 7.58. The van der Waals surface area contributed by atoms with Crippen LogP contribution in [0.4, 0.5) is 0 Å². The van der Waals surface area contributed by atoms with E-state index in [1.807, 2.05) is 0 Å². The largest absolute Gasteiger partial charge is 0.497 e. The van der Waals surface area contributed by atoms with Crippen molar-refractivity contribution in [2.75, 3.05) is 27.3 Å². The summed E-state index contributed by atoms with van der Waals surface area (Å²) < 4.78 is 40.6. The zero-order chi connectivity index (χ0) is 19.7. The van der Waals surface area contributed by atoms with Gasteiger partial charge in [-0.1, -0.05) is 0 Å². The molecule has 1 unspecified atom stereocenters. The van der Waals surface area contributed by atoms with Gasteiger partial charge in [-0.3, -0.25) is 0 Å². The van der Waals surface area contributed by atoms with Crippen molar-refractivity contribution in [1.29, 1.82) is 0 Å². The highest BCUT2D eigenvalue weighted by molar-refractivity contribution is 7.89. The molecule has 9 heteroatoms. The molecule has 0 amide bonds. The first kappa shape index (κ1) is 19.2. The molecule has 2 aromatic rings. The molecule has 1 atom stereocenters. The Labute approximate surface area is 165 Å². The van der Waals surface area contributed by atoms with E-state index < -0.39 is 10.0 Å². The van der Waals surface area contributed by atoms with Crippen molar-refractivity contribution in [3.63, 3.8) is 0 Å². The molecular formula is C19H26N4O4S.